The Kier molecular flexibility index (Phi) is 4.58. The number of rotatable bonds is 4. The van der Waals surface area contributed by atoms with Gasteiger partial charge in [-0.1, -0.05) is 11.6 Å². The first-order valence-electron chi connectivity index (χ1n) is 4.84. The Bertz CT molecular complexity index is 381. The Morgan fingerprint density at radius 2 is 2.31 bits per heavy atom. The first kappa shape index (κ1) is 12.8. The first-order chi connectivity index (χ1) is 7.54. The fraction of sp³-hybridized carbons (Fsp3) is 0.364. The van der Waals surface area contributed by atoms with Gasteiger partial charge in [0.05, 0.1) is 11.7 Å². The van der Waals surface area contributed by atoms with Gasteiger partial charge in [-0.2, -0.15) is 0 Å². The number of hydrogen-bond donors (Lipinski definition) is 2. The molecule has 0 heterocycles. The number of aromatic hydroxyl groups is 1. The first-order valence-corrected chi connectivity index (χ1v) is 5.22. The second-order valence-electron chi connectivity index (χ2n) is 3.42. The van der Waals surface area contributed by atoms with Crippen LogP contribution in [0.15, 0.2) is 18.2 Å². The van der Waals surface area contributed by atoms with E-state index in [-0.39, 0.29) is 23.3 Å². The van der Waals surface area contributed by atoms with Gasteiger partial charge in [-0.3, -0.25) is 4.79 Å². The molecule has 1 aromatic carbocycles. The minimum absolute atomic E-state index is 0.0784. The minimum atomic E-state index is -0.371. The lowest BCUT2D eigenvalue weighted by Gasteiger charge is -2.11. The highest BCUT2D eigenvalue weighted by molar-refractivity contribution is 6.31. The largest absolute Gasteiger partial charge is 0.507 e. The van der Waals surface area contributed by atoms with Gasteiger partial charge in [0.1, 0.15) is 5.75 Å². The second-order valence-corrected chi connectivity index (χ2v) is 3.85. The summed E-state index contributed by atoms with van der Waals surface area (Å²) >= 11 is 5.74. The zero-order valence-electron chi connectivity index (χ0n) is 9.16. The molecule has 0 saturated carbocycles. The van der Waals surface area contributed by atoms with Crippen molar-refractivity contribution in [1.29, 1.82) is 0 Å². The van der Waals surface area contributed by atoms with Crippen LogP contribution in [0.1, 0.15) is 17.3 Å². The number of methoxy groups -OCH3 is 1. The van der Waals surface area contributed by atoms with Gasteiger partial charge in [0.15, 0.2) is 0 Å². The number of amides is 1. The SMILES string of the molecule is COC(C)CNC(=O)c1cc(Cl)ccc1O. The summed E-state index contributed by atoms with van der Waals surface area (Å²) < 4.78 is 4.99. The van der Waals surface area contributed by atoms with E-state index >= 15 is 0 Å². The Balaban J connectivity index is 2.69. The maximum absolute atomic E-state index is 11.7. The number of nitrogens with one attached hydrogen (secondary N) is 1. The van der Waals surface area contributed by atoms with E-state index in [9.17, 15) is 9.90 Å². The van der Waals surface area contributed by atoms with Crippen molar-refractivity contribution in [3.63, 3.8) is 0 Å². The highest BCUT2D eigenvalue weighted by Gasteiger charge is 2.12. The predicted octanol–water partition coefficient (Wildman–Crippen LogP) is 1.81. The molecule has 4 nitrogen and oxygen atoms in total. The van der Waals surface area contributed by atoms with Crippen LogP contribution in [0.5, 0.6) is 5.75 Å². The number of halogens is 1. The van der Waals surface area contributed by atoms with Crippen molar-refractivity contribution in [2.75, 3.05) is 13.7 Å². The lowest BCUT2D eigenvalue weighted by atomic mass is 10.2. The molecule has 1 amide bonds. The summed E-state index contributed by atoms with van der Waals surface area (Å²) in [5.74, 6) is -0.462. The monoisotopic (exact) mass is 243 g/mol. The Morgan fingerprint density at radius 1 is 1.62 bits per heavy atom. The topological polar surface area (TPSA) is 58.6 Å². The van der Waals surface area contributed by atoms with E-state index in [1.165, 1.54) is 18.2 Å². The van der Waals surface area contributed by atoms with Gasteiger partial charge in [-0.15, -0.1) is 0 Å². The summed E-state index contributed by atoms with van der Waals surface area (Å²) in [4.78, 5) is 11.7. The van der Waals surface area contributed by atoms with Crippen LogP contribution in [-0.4, -0.2) is 30.8 Å². The molecule has 1 atom stereocenters. The van der Waals surface area contributed by atoms with E-state index in [2.05, 4.69) is 5.32 Å². The van der Waals surface area contributed by atoms with E-state index < -0.39 is 0 Å². The third-order valence-electron chi connectivity index (χ3n) is 2.16. The summed E-state index contributed by atoms with van der Waals surface area (Å²) in [5.41, 5.74) is 0.163. The van der Waals surface area contributed by atoms with Gasteiger partial charge in [0.25, 0.3) is 5.91 Å². The highest BCUT2D eigenvalue weighted by Crippen LogP contribution is 2.21. The molecule has 5 heteroatoms. The van der Waals surface area contributed by atoms with Crippen LogP contribution in [0, 0.1) is 0 Å². The molecule has 1 aromatic rings. The van der Waals surface area contributed by atoms with Crippen LogP contribution in [0.4, 0.5) is 0 Å². The Morgan fingerprint density at radius 3 is 2.94 bits per heavy atom. The fourth-order valence-electron chi connectivity index (χ4n) is 1.11. The van der Waals surface area contributed by atoms with Crippen molar-refractivity contribution >= 4 is 17.5 Å². The molecular weight excluding hydrogens is 230 g/mol. The summed E-state index contributed by atoms with van der Waals surface area (Å²) in [6.07, 6.45) is -0.0784. The van der Waals surface area contributed by atoms with Crippen molar-refractivity contribution < 1.29 is 14.6 Å². The van der Waals surface area contributed by atoms with Gasteiger partial charge in [0.2, 0.25) is 0 Å². The van der Waals surface area contributed by atoms with Crippen molar-refractivity contribution in [3.05, 3.63) is 28.8 Å². The molecule has 0 radical (unpaired) electrons. The molecule has 1 unspecified atom stereocenters. The molecule has 2 N–H and O–H groups in total. The van der Waals surface area contributed by atoms with Gasteiger partial charge in [0, 0.05) is 18.7 Å². The predicted molar refractivity (Wildman–Crippen MR) is 61.9 cm³/mol. The van der Waals surface area contributed by atoms with Gasteiger partial charge in [-0.05, 0) is 25.1 Å². The third kappa shape index (κ3) is 3.40. The second kappa shape index (κ2) is 5.72. The summed E-state index contributed by atoms with van der Waals surface area (Å²) in [6, 6.07) is 4.33. The Hall–Kier alpha value is -1.26. The summed E-state index contributed by atoms with van der Waals surface area (Å²) in [7, 11) is 1.56. The standard InChI is InChI=1S/C11H14ClNO3/c1-7(16-2)6-13-11(15)9-5-8(12)3-4-10(9)14/h3-5,7,14H,6H2,1-2H3,(H,13,15). The van der Waals surface area contributed by atoms with Gasteiger partial charge < -0.3 is 15.2 Å². The van der Waals surface area contributed by atoms with Crippen molar-refractivity contribution in [1.82, 2.24) is 5.32 Å². The minimum Gasteiger partial charge on any atom is -0.507 e. The summed E-state index contributed by atoms with van der Waals surface area (Å²) in [5, 5.41) is 12.5. The molecule has 1 rings (SSSR count). The smallest absolute Gasteiger partial charge is 0.255 e. The van der Waals surface area contributed by atoms with Gasteiger partial charge in [-0.25, -0.2) is 0 Å². The zero-order chi connectivity index (χ0) is 12.1. The molecule has 16 heavy (non-hydrogen) atoms. The molecule has 0 aliphatic carbocycles. The van der Waals surface area contributed by atoms with Crippen molar-refractivity contribution in [3.8, 4) is 5.75 Å². The van der Waals surface area contributed by atoms with E-state index in [0.29, 0.717) is 11.6 Å². The average molecular weight is 244 g/mol. The molecule has 0 spiro atoms. The fourth-order valence-corrected chi connectivity index (χ4v) is 1.28. The number of benzene rings is 1. The van der Waals surface area contributed by atoms with E-state index in [0.717, 1.165) is 0 Å². The molecule has 0 saturated heterocycles. The van der Waals surface area contributed by atoms with E-state index in [1.54, 1.807) is 7.11 Å². The normalized spacial score (nSPS) is 12.2. The lowest BCUT2D eigenvalue weighted by Crippen LogP contribution is -2.31. The van der Waals surface area contributed by atoms with Crippen molar-refractivity contribution in [2.45, 2.75) is 13.0 Å². The molecular formula is C11H14ClNO3. The quantitative estimate of drug-likeness (QED) is 0.848. The number of ether oxygens (including phenoxy) is 1. The molecule has 88 valence electrons. The van der Waals surface area contributed by atoms with Crippen LogP contribution in [-0.2, 0) is 4.74 Å². The number of carbonyl (C=O) groups excluding carboxylic acids is 1. The summed E-state index contributed by atoms with van der Waals surface area (Å²) in [6.45, 7) is 2.21. The van der Waals surface area contributed by atoms with Crippen LogP contribution in [0.25, 0.3) is 0 Å². The maximum Gasteiger partial charge on any atom is 0.255 e. The maximum atomic E-state index is 11.7. The van der Waals surface area contributed by atoms with E-state index in [4.69, 9.17) is 16.3 Å². The Labute approximate surface area is 99.2 Å². The number of carbonyl (C=O) groups is 1. The highest BCUT2D eigenvalue weighted by atomic mass is 35.5. The van der Waals surface area contributed by atoms with E-state index in [1.807, 2.05) is 6.92 Å². The number of phenolic OH excluding ortho intramolecular Hbond substituents is 1. The van der Waals surface area contributed by atoms with Crippen LogP contribution in [0.3, 0.4) is 0 Å². The van der Waals surface area contributed by atoms with Crippen molar-refractivity contribution in [2.24, 2.45) is 0 Å². The third-order valence-corrected chi connectivity index (χ3v) is 2.39. The average Bonchev–Trinajstić information content (AvgIpc) is 2.28. The van der Waals surface area contributed by atoms with Crippen LogP contribution in [0.2, 0.25) is 5.02 Å². The number of phenols is 1. The molecule has 0 bridgehead atoms. The molecule has 0 aromatic heterocycles. The number of hydrogen-bond acceptors (Lipinski definition) is 3. The lowest BCUT2D eigenvalue weighted by molar-refractivity contribution is 0.0868. The van der Waals surface area contributed by atoms with Crippen LogP contribution >= 0.6 is 11.6 Å². The van der Waals surface area contributed by atoms with Gasteiger partial charge >= 0.3 is 0 Å². The molecule has 0 aliphatic rings. The van der Waals surface area contributed by atoms with Crippen LogP contribution < -0.4 is 5.32 Å². The molecule has 0 aliphatic heterocycles. The molecule has 0 fully saturated rings. The zero-order valence-corrected chi connectivity index (χ0v) is 9.91.